The average Bonchev–Trinajstić information content (AvgIpc) is 3.34. The smallest absolute Gasteiger partial charge is 0.407 e. The third-order valence-corrected chi connectivity index (χ3v) is 7.17. The van der Waals surface area contributed by atoms with Gasteiger partial charge in [-0.25, -0.2) is 4.79 Å². The number of carbonyl (C=O) groups is 1. The van der Waals surface area contributed by atoms with Crippen molar-refractivity contribution in [3.63, 3.8) is 0 Å². The molecule has 0 spiro atoms. The van der Waals surface area contributed by atoms with Gasteiger partial charge in [0.1, 0.15) is 6.61 Å². The van der Waals surface area contributed by atoms with E-state index in [2.05, 4.69) is 17.2 Å². The van der Waals surface area contributed by atoms with Gasteiger partial charge in [-0.3, -0.25) is 4.98 Å². The van der Waals surface area contributed by atoms with E-state index in [0.717, 1.165) is 18.7 Å². The van der Waals surface area contributed by atoms with Crippen molar-refractivity contribution >= 4 is 6.09 Å². The van der Waals surface area contributed by atoms with Gasteiger partial charge in [0.25, 0.3) is 0 Å². The van der Waals surface area contributed by atoms with E-state index in [-0.39, 0.29) is 6.10 Å². The monoisotopic (exact) mass is 488 g/mol. The Balaban J connectivity index is 1.31. The second-order valence-electron chi connectivity index (χ2n) is 10.4. The molecule has 5 heteroatoms. The predicted octanol–water partition coefficient (Wildman–Crippen LogP) is 8.36. The SMILES string of the molecule is CCCCCCCCCCCCCCCCCC[C@H]1CO[C@H](COC(=O)NCc2ccccn2)C1. The highest BCUT2D eigenvalue weighted by molar-refractivity contribution is 5.67. The molecular formula is C30H52N2O3. The number of pyridine rings is 1. The van der Waals surface area contributed by atoms with Crippen molar-refractivity contribution in [2.75, 3.05) is 13.2 Å². The fourth-order valence-corrected chi connectivity index (χ4v) is 4.96. The Labute approximate surface area is 215 Å². The fraction of sp³-hybridized carbons (Fsp3) is 0.800. The maximum absolute atomic E-state index is 11.9. The average molecular weight is 489 g/mol. The van der Waals surface area contributed by atoms with Crippen LogP contribution in [-0.2, 0) is 16.0 Å². The topological polar surface area (TPSA) is 60.5 Å². The first-order valence-corrected chi connectivity index (χ1v) is 14.7. The molecule has 2 rings (SSSR count). The van der Waals surface area contributed by atoms with Gasteiger partial charge in [-0.2, -0.15) is 0 Å². The first kappa shape index (κ1) is 29.6. The van der Waals surface area contributed by atoms with E-state index in [9.17, 15) is 4.79 Å². The number of hydrogen-bond acceptors (Lipinski definition) is 4. The Morgan fingerprint density at radius 1 is 0.914 bits per heavy atom. The third-order valence-electron chi connectivity index (χ3n) is 7.17. The second kappa shape index (κ2) is 20.6. The molecule has 1 amide bonds. The quantitative estimate of drug-likeness (QED) is 0.177. The van der Waals surface area contributed by atoms with Crippen LogP contribution < -0.4 is 5.32 Å². The van der Waals surface area contributed by atoms with Crippen molar-refractivity contribution in [2.24, 2.45) is 5.92 Å². The summed E-state index contributed by atoms with van der Waals surface area (Å²) in [6.07, 6.45) is 26.1. The molecule has 2 heterocycles. The number of carbonyl (C=O) groups excluding carboxylic acids is 1. The lowest BCUT2D eigenvalue weighted by Crippen LogP contribution is -2.27. The Bertz CT molecular complexity index is 625. The van der Waals surface area contributed by atoms with Crippen LogP contribution in [0.1, 0.15) is 128 Å². The van der Waals surface area contributed by atoms with E-state index < -0.39 is 6.09 Å². The number of alkyl carbamates (subject to hydrolysis) is 1. The van der Waals surface area contributed by atoms with Crippen LogP contribution in [-0.4, -0.2) is 30.4 Å². The summed E-state index contributed by atoms with van der Waals surface area (Å²) in [7, 11) is 0. The number of nitrogens with zero attached hydrogens (tertiary/aromatic N) is 1. The van der Waals surface area contributed by atoms with E-state index >= 15 is 0 Å². The van der Waals surface area contributed by atoms with E-state index in [1.54, 1.807) is 6.20 Å². The molecule has 200 valence electrons. The Kier molecular flexibility index (Phi) is 17.4. The number of rotatable bonds is 21. The Hall–Kier alpha value is -1.62. The standard InChI is InChI=1S/C30H52N2O3/c1-2-3-4-5-6-7-8-9-10-11-12-13-14-15-16-17-20-27-23-29(34-25-27)26-35-30(33)32-24-28-21-18-19-22-31-28/h18-19,21-22,27,29H,2-17,20,23-26H2,1H3,(H,32,33)/t27-,29+/m1/s1. The number of ether oxygens (including phenoxy) is 2. The summed E-state index contributed by atoms with van der Waals surface area (Å²) in [4.78, 5) is 16.1. The highest BCUT2D eigenvalue weighted by atomic mass is 16.6. The molecule has 1 aliphatic heterocycles. The van der Waals surface area contributed by atoms with Gasteiger partial charge in [-0.1, -0.05) is 116 Å². The van der Waals surface area contributed by atoms with Gasteiger partial charge in [-0.15, -0.1) is 0 Å². The number of hydrogen-bond donors (Lipinski definition) is 1. The summed E-state index contributed by atoms with van der Waals surface area (Å²) in [5.74, 6) is 0.617. The predicted molar refractivity (Wildman–Crippen MR) is 144 cm³/mol. The number of nitrogens with one attached hydrogen (secondary N) is 1. The van der Waals surface area contributed by atoms with E-state index in [1.807, 2.05) is 18.2 Å². The maximum Gasteiger partial charge on any atom is 0.407 e. The van der Waals surface area contributed by atoms with Crippen molar-refractivity contribution in [1.82, 2.24) is 10.3 Å². The molecular weight excluding hydrogens is 436 g/mol. The van der Waals surface area contributed by atoms with Crippen molar-refractivity contribution in [3.8, 4) is 0 Å². The zero-order chi connectivity index (χ0) is 24.8. The van der Waals surface area contributed by atoms with Crippen LogP contribution in [0.3, 0.4) is 0 Å². The van der Waals surface area contributed by atoms with Crippen molar-refractivity contribution in [2.45, 2.75) is 135 Å². The lowest BCUT2D eigenvalue weighted by Gasteiger charge is -2.11. The van der Waals surface area contributed by atoms with E-state index in [1.165, 1.54) is 109 Å². The zero-order valence-electron chi connectivity index (χ0n) is 22.5. The van der Waals surface area contributed by atoms with Gasteiger partial charge in [0, 0.05) is 6.20 Å². The highest BCUT2D eigenvalue weighted by Crippen LogP contribution is 2.25. The minimum absolute atomic E-state index is 0.0432. The Morgan fingerprint density at radius 2 is 1.51 bits per heavy atom. The largest absolute Gasteiger partial charge is 0.447 e. The highest BCUT2D eigenvalue weighted by Gasteiger charge is 2.26. The van der Waals surface area contributed by atoms with Gasteiger partial charge in [0.05, 0.1) is 24.9 Å². The molecule has 1 aromatic heterocycles. The van der Waals surface area contributed by atoms with Crippen LogP contribution in [0.4, 0.5) is 4.79 Å². The molecule has 0 unspecified atom stereocenters. The molecule has 1 fully saturated rings. The molecule has 0 bridgehead atoms. The van der Waals surface area contributed by atoms with Crippen LogP contribution in [0, 0.1) is 5.92 Å². The molecule has 35 heavy (non-hydrogen) atoms. The molecule has 0 saturated carbocycles. The molecule has 0 aliphatic carbocycles. The molecule has 1 N–H and O–H groups in total. The minimum Gasteiger partial charge on any atom is -0.447 e. The summed E-state index contributed by atoms with van der Waals surface area (Å²) in [6, 6.07) is 5.64. The van der Waals surface area contributed by atoms with Crippen LogP contribution in [0.25, 0.3) is 0 Å². The number of unbranched alkanes of at least 4 members (excludes halogenated alkanes) is 15. The number of aromatic nitrogens is 1. The molecule has 5 nitrogen and oxygen atoms in total. The first-order chi connectivity index (χ1) is 17.3. The summed E-state index contributed by atoms with van der Waals surface area (Å²) >= 11 is 0. The summed E-state index contributed by atoms with van der Waals surface area (Å²) < 4.78 is 11.2. The lowest BCUT2D eigenvalue weighted by molar-refractivity contribution is 0.0424. The van der Waals surface area contributed by atoms with Gasteiger partial charge in [-0.05, 0) is 30.9 Å². The van der Waals surface area contributed by atoms with E-state index in [0.29, 0.717) is 19.1 Å². The maximum atomic E-state index is 11.9. The van der Waals surface area contributed by atoms with Crippen molar-refractivity contribution < 1.29 is 14.3 Å². The van der Waals surface area contributed by atoms with Gasteiger partial charge >= 0.3 is 6.09 Å². The molecule has 0 aromatic carbocycles. The van der Waals surface area contributed by atoms with Gasteiger partial charge in [0.2, 0.25) is 0 Å². The Morgan fingerprint density at radius 3 is 2.09 bits per heavy atom. The van der Waals surface area contributed by atoms with Crippen LogP contribution in [0.15, 0.2) is 24.4 Å². The second-order valence-corrected chi connectivity index (χ2v) is 10.4. The molecule has 1 aromatic rings. The van der Waals surface area contributed by atoms with E-state index in [4.69, 9.17) is 9.47 Å². The minimum atomic E-state index is -0.402. The number of amides is 1. The molecule has 2 atom stereocenters. The van der Waals surface area contributed by atoms with Crippen molar-refractivity contribution in [1.29, 1.82) is 0 Å². The molecule has 0 radical (unpaired) electrons. The summed E-state index contributed by atoms with van der Waals surface area (Å²) in [5.41, 5.74) is 0.820. The molecule has 1 aliphatic rings. The van der Waals surface area contributed by atoms with Gasteiger partial charge < -0.3 is 14.8 Å². The zero-order valence-corrected chi connectivity index (χ0v) is 22.5. The van der Waals surface area contributed by atoms with Crippen LogP contribution >= 0.6 is 0 Å². The summed E-state index contributed by atoms with van der Waals surface area (Å²) in [6.45, 7) is 3.81. The third kappa shape index (κ3) is 15.9. The van der Waals surface area contributed by atoms with Gasteiger partial charge in [0.15, 0.2) is 0 Å². The first-order valence-electron chi connectivity index (χ1n) is 14.7. The fourth-order valence-electron chi connectivity index (χ4n) is 4.96. The van der Waals surface area contributed by atoms with Crippen molar-refractivity contribution in [3.05, 3.63) is 30.1 Å². The summed E-state index contributed by atoms with van der Waals surface area (Å²) in [5, 5.41) is 2.74. The normalized spacial score (nSPS) is 17.5. The van der Waals surface area contributed by atoms with Crippen LogP contribution in [0.2, 0.25) is 0 Å². The lowest BCUT2D eigenvalue weighted by atomic mass is 9.97. The van der Waals surface area contributed by atoms with Crippen LogP contribution in [0.5, 0.6) is 0 Å². The molecule has 1 saturated heterocycles.